The highest BCUT2D eigenvalue weighted by atomic mass is 16.4. The van der Waals surface area contributed by atoms with Crippen LogP contribution in [0.25, 0.3) is 11.1 Å². The lowest BCUT2D eigenvalue weighted by atomic mass is 10.2. The molecule has 0 amide bonds. The van der Waals surface area contributed by atoms with Gasteiger partial charge in [-0.3, -0.25) is 0 Å². The monoisotopic (exact) mass is 253 g/mol. The van der Waals surface area contributed by atoms with E-state index in [0.29, 0.717) is 11.7 Å². The summed E-state index contributed by atoms with van der Waals surface area (Å²) in [5, 5.41) is 5.89. The van der Waals surface area contributed by atoms with Crippen molar-refractivity contribution in [3.8, 4) is 0 Å². The molecule has 0 aliphatic carbocycles. The van der Waals surface area contributed by atoms with Crippen molar-refractivity contribution >= 4 is 28.5 Å². The summed E-state index contributed by atoms with van der Waals surface area (Å²) >= 11 is 0. The maximum Gasteiger partial charge on any atom is 0.300 e. The van der Waals surface area contributed by atoms with Gasteiger partial charge in [-0.15, -0.1) is 4.91 Å². The number of fused-ring (bicyclic) bond motifs is 1. The number of benzene rings is 2. The summed E-state index contributed by atoms with van der Waals surface area (Å²) < 4.78 is 5.60. The number of hydrogen-bond acceptors (Lipinski definition) is 5. The average Bonchev–Trinajstić information content (AvgIpc) is 2.81. The van der Waals surface area contributed by atoms with Gasteiger partial charge in [-0.1, -0.05) is 6.07 Å². The second-order valence-corrected chi connectivity index (χ2v) is 4.25. The molecule has 1 aromatic heterocycles. The second kappa shape index (κ2) is 4.53. The van der Waals surface area contributed by atoms with Gasteiger partial charge in [0.1, 0.15) is 11.2 Å². The normalized spacial score (nSPS) is 10.6. The predicted molar refractivity (Wildman–Crippen MR) is 73.9 cm³/mol. The number of nitrogens with one attached hydrogen (secondary N) is 1. The van der Waals surface area contributed by atoms with Gasteiger partial charge in [0.2, 0.25) is 0 Å². The third-order valence-electron chi connectivity index (χ3n) is 2.77. The Morgan fingerprint density at radius 3 is 2.68 bits per heavy atom. The summed E-state index contributed by atoms with van der Waals surface area (Å²) in [6.45, 7) is 2.00. The Bertz CT molecular complexity index is 732. The Morgan fingerprint density at radius 2 is 1.95 bits per heavy atom. The number of anilines is 2. The van der Waals surface area contributed by atoms with E-state index >= 15 is 0 Å². The third-order valence-corrected chi connectivity index (χ3v) is 2.77. The molecule has 0 spiro atoms. The summed E-state index contributed by atoms with van der Waals surface area (Å²) in [5.41, 5.74) is 3.85. The van der Waals surface area contributed by atoms with Crippen molar-refractivity contribution in [2.75, 3.05) is 5.32 Å². The van der Waals surface area contributed by atoms with Crippen molar-refractivity contribution in [3.63, 3.8) is 0 Å². The fraction of sp³-hybridized carbons (Fsp3) is 0.0714. The van der Waals surface area contributed by atoms with Gasteiger partial charge >= 0.3 is 0 Å². The summed E-state index contributed by atoms with van der Waals surface area (Å²) in [6, 6.07) is 13.0. The Labute approximate surface area is 109 Å². The van der Waals surface area contributed by atoms with E-state index in [2.05, 4.69) is 15.5 Å². The van der Waals surface area contributed by atoms with E-state index < -0.39 is 0 Å². The van der Waals surface area contributed by atoms with Crippen LogP contribution in [0.2, 0.25) is 0 Å². The molecular weight excluding hydrogens is 242 g/mol. The van der Waals surface area contributed by atoms with E-state index in [4.69, 9.17) is 4.42 Å². The Morgan fingerprint density at radius 1 is 1.16 bits per heavy atom. The minimum Gasteiger partial charge on any atom is -0.423 e. The largest absolute Gasteiger partial charge is 0.423 e. The number of nitroso groups, excluding NO2 is 1. The molecule has 0 aliphatic rings. The molecule has 19 heavy (non-hydrogen) atoms. The molecule has 94 valence electrons. The highest BCUT2D eigenvalue weighted by Crippen LogP contribution is 2.24. The summed E-state index contributed by atoms with van der Waals surface area (Å²) in [7, 11) is 0. The van der Waals surface area contributed by atoms with Gasteiger partial charge in [-0.2, -0.15) is 4.98 Å². The molecule has 5 heteroatoms. The summed E-state index contributed by atoms with van der Waals surface area (Å²) in [6.07, 6.45) is 0. The van der Waals surface area contributed by atoms with Crippen molar-refractivity contribution in [1.82, 2.24) is 4.98 Å². The third kappa shape index (κ3) is 2.30. The van der Waals surface area contributed by atoms with Crippen LogP contribution in [0.3, 0.4) is 0 Å². The second-order valence-electron chi connectivity index (χ2n) is 4.25. The lowest BCUT2D eigenvalue weighted by Gasteiger charge is -2.00. The maximum absolute atomic E-state index is 10.3. The molecular formula is C14H11N3O2. The number of oxazole rings is 1. The first-order valence-electron chi connectivity index (χ1n) is 5.82. The number of hydrogen-bond donors (Lipinski definition) is 1. The first kappa shape index (κ1) is 11.4. The molecule has 0 unspecified atom stereocenters. The summed E-state index contributed by atoms with van der Waals surface area (Å²) in [4.78, 5) is 14.7. The summed E-state index contributed by atoms with van der Waals surface area (Å²) in [5.74, 6) is 0. The van der Waals surface area contributed by atoms with Gasteiger partial charge in [-0.05, 0) is 54.1 Å². The van der Waals surface area contributed by atoms with E-state index in [9.17, 15) is 4.91 Å². The van der Waals surface area contributed by atoms with E-state index in [1.165, 1.54) is 0 Å². The lowest BCUT2D eigenvalue weighted by Crippen LogP contribution is -1.88. The molecule has 0 fully saturated rings. The number of nitrogens with zero attached hydrogens (tertiary/aromatic N) is 2. The lowest BCUT2D eigenvalue weighted by molar-refractivity contribution is 0.623. The molecule has 0 aliphatic heterocycles. The number of rotatable bonds is 3. The Hall–Kier alpha value is -2.69. The van der Waals surface area contributed by atoms with Crippen molar-refractivity contribution in [3.05, 3.63) is 52.9 Å². The first-order valence-corrected chi connectivity index (χ1v) is 5.82. The van der Waals surface area contributed by atoms with Crippen LogP contribution in [0.15, 0.2) is 52.1 Å². The van der Waals surface area contributed by atoms with Crippen LogP contribution in [0.1, 0.15) is 5.56 Å². The van der Waals surface area contributed by atoms with Crippen molar-refractivity contribution in [2.24, 2.45) is 5.18 Å². The van der Waals surface area contributed by atoms with Crippen molar-refractivity contribution < 1.29 is 4.42 Å². The fourth-order valence-electron chi connectivity index (χ4n) is 1.81. The van der Waals surface area contributed by atoms with Gasteiger partial charge < -0.3 is 9.73 Å². The molecule has 0 saturated heterocycles. The van der Waals surface area contributed by atoms with Crippen LogP contribution in [0, 0.1) is 11.8 Å². The topological polar surface area (TPSA) is 67.5 Å². The Kier molecular flexibility index (Phi) is 2.72. The smallest absolute Gasteiger partial charge is 0.300 e. The number of aryl methyl sites for hydroxylation is 1. The van der Waals surface area contributed by atoms with E-state index in [-0.39, 0.29) is 0 Å². The molecule has 5 nitrogen and oxygen atoms in total. The van der Waals surface area contributed by atoms with Gasteiger partial charge in [0.05, 0.1) is 0 Å². The van der Waals surface area contributed by atoms with Gasteiger partial charge in [0.15, 0.2) is 5.58 Å². The van der Waals surface area contributed by atoms with E-state index in [1.54, 1.807) is 24.3 Å². The number of aromatic nitrogens is 1. The molecule has 1 heterocycles. The zero-order valence-corrected chi connectivity index (χ0v) is 10.3. The SMILES string of the molecule is Cc1ccc2nc(Nc3ccc(N=O)cc3)oc2c1. The minimum atomic E-state index is 0.388. The van der Waals surface area contributed by atoms with Crippen LogP contribution in [-0.4, -0.2) is 4.98 Å². The molecule has 0 saturated carbocycles. The molecule has 0 atom stereocenters. The van der Waals surface area contributed by atoms with Crippen LogP contribution in [-0.2, 0) is 0 Å². The average molecular weight is 253 g/mol. The van der Waals surface area contributed by atoms with Crippen LogP contribution >= 0.6 is 0 Å². The highest BCUT2D eigenvalue weighted by molar-refractivity contribution is 5.76. The van der Waals surface area contributed by atoms with E-state index in [0.717, 1.165) is 22.4 Å². The van der Waals surface area contributed by atoms with Crippen LogP contribution in [0.5, 0.6) is 0 Å². The molecule has 3 rings (SSSR count). The quantitative estimate of drug-likeness (QED) is 0.707. The van der Waals surface area contributed by atoms with Gasteiger partial charge in [0.25, 0.3) is 6.01 Å². The highest BCUT2D eigenvalue weighted by Gasteiger charge is 2.05. The first-order chi connectivity index (χ1) is 9.24. The fourth-order valence-corrected chi connectivity index (χ4v) is 1.81. The molecule has 3 aromatic rings. The molecule has 1 N–H and O–H groups in total. The maximum atomic E-state index is 10.3. The molecule has 2 aromatic carbocycles. The molecule has 0 radical (unpaired) electrons. The standard InChI is InChI=1S/C14H11N3O2/c1-9-2-7-12-13(8-9)19-14(16-12)15-10-3-5-11(17-18)6-4-10/h2-8H,1H3,(H,15,16). The van der Waals surface area contributed by atoms with Crippen molar-refractivity contribution in [2.45, 2.75) is 6.92 Å². The van der Waals surface area contributed by atoms with Crippen LogP contribution in [0.4, 0.5) is 17.4 Å². The van der Waals surface area contributed by atoms with Gasteiger partial charge in [0, 0.05) is 5.69 Å². The molecule has 0 bridgehead atoms. The van der Waals surface area contributed by atoms with Crippen LogP contribution < -0.4 is 5.32 Å². The zero-order chi connectivity index (χ0) is 13.2. The predicted octanol–water partition coefficient (Wildman–Crippen LogP) is 4.28. The zero-order valence-electron chi connectivity index (χ0n) is 10.3. The minimum absolute atomic E-state index is 0.388. The van der Waals surface area contributed by atoms with Crippen molar-refractivity contribution in [1.29, 1.82) is 0 Å². The van der Waals surface area contributed by atoms with E-state index in [1.807, 2.05) is 25.1 Å². The van der Waals surface area contributed by atoms with Gasteiger partial charge in [-0.25, -0.2) is 0 Å². The Balaban J connectivity index is 1.89.